The Hall–Kier alpha value is -5.25. The first-order valence-corrected chi connectivity index (χ1v) is 33.3. The zero-order valence-electron chi connectivity index (χ0n) is 46.6. The summed E-state index contributed by atoms with van der Waals surface area (Å²) in [4.78, 5) is 20.7. The zero-order chi connectivity index (χ0) is 54.3. The van der Waals surface area contributed by atoms with Gasteiger partial charge in [0.1, 0.15) is 0 Å². The standard InChI is InChI=1S/C20H40O2.2C18H15P.C14H12S3/c1-5-8-11-13-15-18(4)22-20(21)19(16-10-7-3)17-14-12-9-6-2;2*1-4-10-16(11-5-1)19(17-12-6-2-7-13-17)18-14-8-3-9-15-18;1-9-3-5-11(15-9)13-7-8-14(17-13)12-6-4-10(2)16-12/h18-19H,5-17H2,1-4H3;2*1-15H;3-8H,1-2H3. The average Bonchev–Trinajstić information content (AvgIpc) is 4.26. The van der Waals surface area contributed by atoms with Crippen molar-refractivity contribution in [2.24, 2.45) is 5.92 Å². The summed E-state index contributed by atoms with van der Waals surface area (Å²) in [5, 5.41) is 8.39. The number of unbranched alkanes of at least 4 members (excludes halogenated alkanes) is 7. The SMILES string of the molecule is CCCCCCC(C)OC(=O)C(CCCC)CCCCCC.Cc1ccc(-c2ccc(-c3ccc(C)s3)s2)s1.c1ccc(P(c2ccccc2)c2ccccc2)cc1.c1ccc(P(c2ccccc2)c2ccccc2)cc1. The van der Waals surface area contributed by atoms with Crippen LogP contribution < -0.4 is 31.8 Å². The Bertz CT molecular complexity index is 2560. The molecule has 77 heavy (non-hydrogen) atoms. The third-order valence-corrected chi connectivity index (χ3v) is 21.5. The molecule has 402 valence electrons. The Balaban J connectivity index is 0.000000167. The summed E-state index contributed by atoms with van der Waals surface area (Å²) in [6.45, 7) is 13.0. The van der Waals surface area contributed by atoms with Crippen molar-refractivity contribution >= 4 is 87.7 Å². The topological polar surface area (TPSA) is 26.3 Å². The summed E-state index contributed by atoms with van der Waals surface area (Å²) in [5.41, 5.74) is 0. The molecule has 0 aliphatic rings. The lowest BCUT2D eigenvalue weighted by atomic mass is 9.95. The van der Waals surface area contributed by atoms with E-state index in [0.29, 0.717) is 0 Å². The van der Waals surface area contributed by atoms with Gasteiger partial charge >= 0.3 is 5.97 Å². The Morgan fingerprint density at radius 3 is 0.948 bits per heavy atom. The first-order chi connectivity index (χ1) is 37.8. The molecule has 0 saturated heterocycles. The highest BCUT2D eigenvalue weighted by Gasteiger charge is 2.22. The number of hydrogen-bond donors (Lipinski definition) is 0. The summed E-state index contributed by atoms with van der Waals surface area (Å²) < 4.78 is 5.71. The summed E-state index contributed by atoms with van der Waals surface area (Å²) in [5.74, 6) is 0.197. The molecule has 7 heteroatoms. The predicted octanol–water partition coefficient (Wildman–Crippen LogP) is 19.4. The van der Waals surface area contributed by atoms with E-state index in [1.54, 1.807) is 0 Å². The molecule has 9 aromatic rings. The van der Waals surface area contributed by atoms with E-state index < -0.39 is 15.8 Å². The largest absolute Gasteiger partial charge is 0.462 e. The molecule has 2 atom stereocenters. The summed E-state index contributed by atoms with van der Waals surface area (Å²) in [6.07, 6.45) is 15.3. The van der Waals surface area contributed by atoms with Crippen LogP contribution in [-0.4, -0.2) is 12.1 Å². The van der Waals surface area contributed by atoms with Crippen LogP contribution >= 0.6 is 49.9 Å². The van der Waals surface area contributed by atoms with E-state index in [0.717, 1.165) is 32.1 Å². The van der Waals surface area contributed by atoms with Crippen LogP contribution in [0.4, 0.5) is 0 Å². The fourth-order valence-corrected chi connectivity index (χ4v) is 16.5. The van der Waals surface area contributed by atoms with Crippen LogP contribution in [-0.2, 0) is 9.53 Å². The van der Waals surface area contributed by atoms with Crippen LogP contribution in [0.25, 0.3) is 19.5 Å². The van der Waals surface area contributed by atoms with Crippen molar-refractivity contribution in [1.82, 2.24) is 0 Å². The summed E-state index contributed by atoms with van der Waals surface area (Å²) in [6, 6.07) is 77.9. The second-order valence-corrected chi connectivity index (χ2v) is 27.6. The van der Waals surface area contributed by atoms with Gasteiger partial charge < -0.3 is 4.74 Å². The number of carbonyl (C=O) groups is 1. The number of rotatable bonds is 23. The van der Waals surface area contributed by atoms with Crippen molar-refractivity contribution in [3.63, 3.8) is 0 Å². The molecule has 3 heterocycles. The second-order valence-electron chi connectivity index (χ2n) is 19.5. The van der Waals surface area contributed by atoms with Crippen molar-refractivity contribution < 1.29 is 9.53 Å². The van der Waals surface area contributed by atoms with Gasteiger partial charge in [-0.2, -0.15) is 0 Å². The number of hydrogen-bond acceptors (Lipinski definition) is 5. The lowest BCUT2D eigenvalue weighted by Crippen LogP contribution is -2.23. The van der Waals surface area contributed by atoms with E-state index in [1.165, 1.54) is 112 Å². The highest BCUT2D eigenvalue weighted by molar-refractivity contribution is 7.80. The molecule has 6 aromatic carbocycles. The number of carbonyl (C=O) groups excluding carboxylic acids is 1. The van der Waals surface area contributed by atoms with Gasteiger partial charge in [0.05, 0.1) is 12.0 Å². The first kappa shape index (κ1) is 61.0. The van der Waals surface area contributed by atoms with Gasteiger partial charge in [0, 0.05) is 29.3 Å². The summed E-state index contributed by atoms with van der Waals surface area (Å²) in [7, 11) is -0.892. The summed E-state index contributed by atoms with van der Waals surface area (Å²) >= 11 is 5.62. The fraction of sp³-hybridized carbons (Fsp3) is 0.300. The van der Waals surface area contributed by atoms with Crippen LogP contribution in [0.15, 0.2) is 218 Å². The van der Waals surface area contributed by atoms with Gasteiger partial charge in [0.2, 0.25) is 0 Å². The maximum absolute atomic E-state index is 12.4. The molecule has 0 N–H and O–H groups in total. The molecular formula is C70H82O2P2S3. The Morgan fingerprint density at radius 1 is 0.364 bits per heavy atom. The molecule has 3 aromatic heterocycles. The molecule has 9 rings (SSSR count). The normalized spacial score (nSPS) is 11.6. The van der Waals surface area contributed by atoms with Crippen LogP contribution in [0.5, 0.6) is 0 Å². The third kappa shape index (κ3) is 21.1. The first-order valence-electron chi connectivity index (χ1n) is 28.1. The molecule has 0 saturated carbocycles. The molecule has 0 aliphatic heterocycles. The van der Waals surface area contributed by atoms with Gasteiger partial charge in [0.25, 0.3) is 0 Å². The van der Waals surface area contributed by atoms with Crippen LogP contribution in [0.1, 0.15) is 121 Å². The molecule has 0 fully saturated rings. The van der Waals surface area contributed by atoms with Crippen molar-refractivity contribution in [3.8, 4) is 19.5 Å². The minimum atomic E-state index is -0.446. The average molecular weight is 1110 g/mol. The van der Waals surface area contributed by atoms with Gasteiger partial charge in [0.15, 0.2) is 0 Å². The lowest BCUT2D eigenvalue weighted by molar-refractivity contribution is -0.154. The Labute approximate surface area is 478 Å². The quantitative estimate of drug-likeness (QED) is 0.0362. The number of aryl methyl sites for hydroxylation is 2. The maximum atomic E-state index is 12.4. The minimum absolute atomic E-state index is 0.0629. The van der Waals surface area contributed by atoms with E-state index in [2.05, 4.69) is 260 Å². The highest BCUT2D eigenvalue weighted by Crippen LogP contribution is 2.40. The van der Waals surface area contributed by atoms with Crippen molar-refractivity contribution in [3.05, 3.63) is 228 Å². The second kappa shape index (κ2) is 35.3. The van der Waals surface area contributed by atoms with E-state index in [4.69, 9.17) is 4.74 Å². The Kier molecular flexibility index (Phi) is 27.9. The van der Waals surface area contributed by atoms with Crippen molar-refractivity contribution in [1.29, 1.82) is 0 Å². The van der Waals surface area contributed by atoms with Crippen LogP contribution in [0.3, 0.4) is 0 Å². The molecule has 2 unspecified atom stereocenters. The van der Waals surface area contributed by atoms with E-state index in [1.807, 2.05) is 34.0 Å². The molecule has 0 spiro atoms. The van der Waals surface area contributed by atoms with Gasteiger partial charge in [-0.1, -0.05) is 261 Å². The number of ether oxygens (including phenoxy) is 1. The van der Waals surface area contributed by atoms with Gasteiger partial charge in [-0.25, -0.2) is 0 Å². The van der Waals surface area contributed by atoms with E-state index >= 15 is 0 Å². The Morgan fingerprint density at radius 2 is 0.649 bits per heavy atom. The third-order valence-electron chi connectivity index (χ3n) is 13.1. The van der Waals surface area contributed by atoms with Crippen LogP contribution in [0.2, 0.25) is 0 Å². The molecule has 0 radical (unpaired) electrons. The van der Waals surface area contributed by atoms with E-state index in [-0.39, 0.29) is 18.0 Å². The highest BCUT2D eigenvalue weighted by atomic mass is 32.1. The molecule has 0 aliphatic carbocycles. The molecular weight excluding hydrogens is 1030 g/mol. The monoisotopic (exact) mass is 1110 g/mol. The van der Waals surface area contributed by atoms with E-state index in [9.17, 15) is 4.79 Å². The van der Waals surface area contributed by atoms with Gasteiger partial charge in [-0.05, 0) is 131 Å². The number of thiophene rings is 3. The van der Waals surface area contributed by atoms with Gasteiger partial charge in [-0.3, -0.25) is 4.79 Å². The zero-order valence-corrected chi connectivity index (χ0v) is 50.8. The smallest absolute Gasteiger partial charge is 0.309 e. The maximum Gasteiger partial charge on any atom is 0.309 e. The van der Waals surface area contributed by atoms with Gasteiger partial charge in [-0.15, -0.1) is 34.0 Å². The molecule has 2 nitrogen and oxygen atoms in total. The lowest BCUT2D eigenvalue weighted by Gasteiger charge is -2.19. The fourth-order valence-electron chi connectivity index (χ4n) is 8.95. The molecule has 0 bridgehead atoms. The number of esters is 1. The van der Waals surface area contributed by atoms with Crippen molar-refractivity contribution in [2.75, 3.05) is 0 Å². The van der Waals surface area contributed by atoms with Crippen molar-refractivity contribution in [2.45, 2.75) is 131 Å². The predicted molar refractivity (Wildman–Crippen MR) is 347 cm³/mol. The minimum Gasteiger partial charge on any atom is -0.462 e. The molecule has 0 amide bonds. The van der Waals surface area contributed by atoms with Crippen LogP contribution in [0, 0.1) is 19.8 Å². The number of benzene rings is 6.